The molecule has 0 aromatic heterocycles. The molecule has 0 aliphatic heterocycles. The van der Waals surface area contributed by atoms with Crippen LogP contribution in [0.15, 0.2) is 24.3 Å². The molecule has 3 N–H and O–H groups in total. The average Bonchev–Trinajstić information content (AvgIpc) is 3.37. The lowest BCUT2D eigenvalue weighted by Crippen LogP contribution is -2.45. The third kappa shape index (κ3) is 57.5. The minimum Gasteiger partial charge on any atom is -0.466 e. The van der Waals surface area contributed by atoms with Crippen LogP contribution in [0, 0.1) is 0 Å². The summed E-state index contributed by atoms with van der Waals surface area (Å²) < 4.78 is 5.50. The molecule has 0 fully saturated rings. The highest BCUT2D eigenvalue weighted by molar-refractivity contribution is 5.76. The van der Waals surface area contributed by atoms with E-state index in [2.05, 4.69) is 31.3 Å². The van der Waals surface area contributed by atoms with Gasteiger partial charge in [-0.3, -0.25) is 9.59 Å². The molecule has 6 heteroatoms. The Balaban J connectivity index is 3.32. The monoisotopic (exact) mass is 1000 g/mol. The summed E-state index contributed by atoms with van der Waals surface area (Å²) in [5, 5.41) is 23.0. The number of aliphatic hydroxyl groups is 2. The van der Waals surface area contributed by atoms with Gasteiger partial charge < -0.3 is 20.3 Å². The largest absolute Gasteiger partial charge is 0.466 e. The lowest BCUT2D eigenvalue weighted by molar-refractivity contribution is -0.143. The summed E-state index contributed by atoms with van der Waals surface area (Å²) in [4.78, 5) is 24.5. The van der Waals surface area contributed by atoms with E-state index in [-0.39, 0.29) is 18.5 Å². The standard InChI is InChI=1S/C65H125NO5/c1-3-5-7-9-11-13-15-16-17-29-33-36-39-43-47-51-55-59-65(70)71-60-56-52-48-44-40-37-34-31-28-26-24-22-20-18-19-21-23-25-27-30-32-35-38-42-46-50-54-58-64(69)66-62(61-67)63(68)57-53-49-45-41-14-12-10-8-6-4-2/h16-17,53,57,62-63,67-68H,3-15,18-52,54-56,58-61H2,1-2H3,(H,66,69)/b17-16-,57-53+. The first-order chi connectivity index (χ1) is 35.0. The van der Waals surface area contributed by atoms with Crippen LogP contribution in [0.5, 0.6) is 0 Å². The van der Waals surface area contributed by atoms with Gasteiger partial charge in [-0.1, -0.05) is 308 Å². The van der Waals surface area contributed by atoms with Crippen molar-refractivity contribution in [2.75, 3.05) is 13.2 Å². The fourth-order valence-electron chi connectivity index (χ4n) is 10.0. The molecular formula is C65H125NO5. The van der Waals surface area contributed by atoms with Crippen LogP contribution in [0.1, 0.15) is 354 Å². The molecule has 0 rings (SSSR count). The van der Waals surface area contributed by atoms with Crippen LogP contribution in [0.2, 0.25) is 0 Å². The number of aliphatic hydroxyl groups excluding tert-OH is 2. The van der Waals surface area contributed by atoms with Crippen molar-refractivity contribution in [3.05, 3.63) is 24.3 Å². The molecule has 0 heterocycles. The van der Waals surface area contributed by atoms with Crippen molar-refractivity contribution in [2.24, 2.45) is 0 Å². The van der Waals surface area contributed by atoms with Gasteiger partial charge in [0.15, 0.2) is 0 Å². The molecule has 0 aliphatic carbocycles. The molecule has 0 radical (unpaired) electrons. The number of ether oxygens (including phenoxy) is 1. The van der Waals surface area contributed by atoms with E-state index in [4.69, 9.17) is 4.74 Å². The van der Waals surface area contributed by atoms with Crippen molar-refractivity contribution >= 4 is 11.9 Å². The maximum Gasteiger partial charge on any atom is 0.305 e. The van der Waals surface area contributed by atoms with Gasteiger partial charge in [0.2, 0.25) is 5.91 Å². The van der Waals surface area contributed by atoms with Crippen molar-refractivity contribution in [1.82, 2.24) is 5.32 Å². The number of rotatable bonds is 60. The van der Waals surface area contributed by atoms with E-state index < -0.39 is 12.1 Å². The Hall–Kier alpha value is -1.66. The van der Waals surface area contributed by atoms with Crippen molar-refractivity contribution < 1.29 is 24.5 Å². The van der Waals surface area contributed by atoms with Crippen LogP contribution in [0.4, 0.5) is 0 Å². The first-order valence-corrected chi connectivity index (χ1v) is 32.1. The lowest BCUT2D eigenvalue weighted by Gasteiger charge is -2.20. The van der Waals surface area contributed by atoms with Crippen molar-refractivity contribution in [1.29, 1.82) is 0 Å². The zero-order chi connectivity index (χ0) is 51.4. The lowest BCUT2D eigenvalue weighted by atomic mass is 10.0. The van der Waals surface area contributed by atoms with Crippen molar-refractivity contribution in [2.45, 2.75) is 366 Å². The smallest absolute Gasteiger partial charge is 0.305 e. The fraction of sp³-hybridized carbons (Fsp3) is 0.908. The van der Waals surface area contributed by atoms with Gasteiger partial charge in [-0.2, -0.15) is 0 Å². The summed E-state index contributed by atoms with van der Waals surface area (Å²) in [6.45, 7) is 4.90. The third-order valence-electron chi connectivity index (χ3n) is 15.0. The number of hydrogen-bond donors (Lipinski definition) is 3. The van der Waals surface area contributed by atoms with E-state index in [0.717, 1.165) is 44.9 Å². The number of hydrogen-bond acceptors (Lipinski definition) is 5. The minimum atomic E-state index is -0.840. The number of carbonyl (C=O) groups excluding carboxylic acids is 2. The summed E-state index contributed by atoms with van der Waals surface area (Å²) in [6, 6.07) is -0.623. The van der Waals surface area contributed by atoms with Gasteiger partial charge in [-0.25, -0.2) is 0 Å². The van der Waals surface area contributed by atoms with Crippen LogP contribution in [0.3, 0.4) is 0 Å². The molecule has 0 spiro atoms. The molecule has 0 saturated heterocycles. The number of unbranched alkanes of at least 4 members (excludes halogenated alkanes) is 47. The Morgan fingerprint density at radius 3 is 1.00 bits per heavy atom. The van der Waals surface area contributed by atoms with Crippen molar-refractivity contribution in [3.63, 3.8) is 0 Å². The van der Waals surface area contributed by atoms with E-state index in [1.807, 2.05) is 6.08 Å². The van der Waals surface area contributed by atoms with Crippen LogP contribution >= 0.6 is 0 Å². The molecule has 6 nitrogen and oxygen atoms in total. The SMILES string of the molecule is CCCCCCCC/C=C\CCCCCCCCCC(=O)OCCCCCCCCCCCCCCCCCCCCCCCCCCCCCC(=O)NC(CO)C(O)/C=C/CCCCCCCCCC. The second-order valence-electron chi connectivity index (χ2n) is 22.1. The van der Waals surface area contributed by atoms with E-state index in [0.29, 0.717) is 19.4 Å². The van der Waals surface area contributed by atoms with Crippen LogP contribution < -0.4 is 5.32 Å². The van der Waals surface area contributed by atoms with Crippen LogP contribution in [0.25, 0.3) is 0 Å². The zero-order valence-electron chi connectivity index (χ0n) is 48.0. The van der Waals surface area contributed by atoms with Gasteiger partial charge >= 0.3 is 5.97 Å². The fourth-order valence-corrected chi connectivity index (χ4v) is 10.0. The molecule has 1 amide bonds. The molecule has 0 aromatic rings. The maximum atomic E-state index is 12.4. The predicted molar refractivity (Wildman–Crippen MR) is 310 cm³/mol. The number of esters is 1. The second kappa shape index (κ2) is 60.9. The first kappa shape index (κ1) is 69.3. The molecule has 71 heavy (non-hydrogen) atoms. The topological polar surface area (TPSA) is 95.9 Å². The molecule has 0 saturated carbocycles. The van der Waals surface area contributed by atoms with E-state index >= 15 is 0 Å². The summed E-state index contributed by atoms with van der Waals surface area (Å²) in [6.07, 6.45) is 75.3. The third-order valence-corrected chi connectivity index (χ3v) is 15.0. The summed E-state index contributed by atoms with van der Waals surface area (Å²) in [5.74, 6) is -0.0515. The van der Waals surface area contributed by atoms with E-state index in [1.165, 1.54) is 283 Å². The molecule has 0 aromatic carbocycles. The summed E-state index contributed by atoms with van der Waals surface area (Å²) in [5.41, 5.74) is 0. The summed E-state index contributed by atoms with van der Waals surface area (Å²) >= 11 is 0. The van der Waals surface area contributed by atoms with E-state index in [1.54, 1.807) is 6.08 Å². The number of nitrogens with one attached hydrogen (secondary N) is 1. The Morgan fingerprint density at radius 2 is 0.662 bits per heavy atom. The van der Waals surface area contributed by atoms with Crippen molar-refractivity contribution in [3.8, 4) is 0 Å². The van der Waals surface area contributed by atoms with Gasteiger partial charge in [0, 0.05) is 12.8 Å². The molecule has 0 aliphatic rings. The van der Waals surface area contributed by atoms with Crippen LogP contribution in [-0.2, 0) is 14.3 Å². The Bertz CT molecular complexity index is 1110. The zero-order valence-corrected chi connectivity index (χ0v) is 48.0. The Kier molecular flexibility index (Phi) is 59.5. The number of carbonyl (C=O) groups is 2. The highest BCUT2D eigenvalue weighted by Gasteiger charge is 2.18. The molecule has 420 valence electrons. The van der Waals surface area contributed by atoms with Gasteiger partial charge in [-0.05, 0) is 57.8 Å². The molecule has 2 unspecified atom stereocenters. The predicted octanol–water partition coefficient (Wildman–Crippen LogP) is 20.2. The Labute approximate surface area is 443 Å². The number of amides is 1. The molecular weight excluding hydrogens is 875 g/mol. The molecule has 2 atom stereocenters. The van der Waals surface area contributed by atoms with Gasteiger partial charge in [0.1, 0.15) is 0 Å². The van der Waals surface area contributed by atoms with E-state index in [9.17, 15) is 19.8 Å². The first-order valence-electron chi connectivity index (χ1n) is 32.1. The van der Waals surface area contributed by atoms with Crippen LogP contribution in [-0.4, -0.2) is 47.4 Å². The highest BCUT2D eigenvalue weighted by atomic mass is 16.5. The average molecular weight is 1000 g/mol. The van der Waals surface area contributed by atoms with Gasteiger partial charge in [0.25, 0.3) is 0 Å². The number of allylic oxidation sites excluding steroid dienone is 3. The van der Waals surface area contributed by atoms with Gasteiger partial charge in [-0.15, -0.1) is 0 Å². The Morgan fingerprint density at radius 1 is 0.380 bits per heavy atom. The summed E-state index contributed by atoms with van der Waals surface area (Å²) in [7, 11) is 0. The second-order valence-corrected chi connectivity index (χ2v) is 22.1. The highest BCUT2D eigenvalue weighted by Crippen LogP contribution is 2.18. The molecule has 0 bridgehead atoms. The normalized spacial score (nSPS) is 12.7. The van der Waals surface area contributed by atoms with Gasteiger partial charge in [0.05, 0.1) is 25.4 Å². The quantitative estimate of drug-likeness (QED) is 0.0320. The maximum absolute atomic E-state index is 12.4. The minimum absolute atomic E-state index is 0.0146.